The molecule has 1 aromatic carbocycles. The highest BCUT2D eigenvalue weighted by atomic mass is 19.4. The van der Waals surface area contributed by atoms with Crippen LogP contribution in [-0.4, -0.2) is 49.8 Å². The summed E-state index contributed by atoms with van der Waals surface area (Å²) in [6.07, 6.45) is -6.08. The molecule has 1 N–H and O–H groups in total. The van der Waals surface area contributed by atoms with E-state index >= 15 is 0 Å². The molecule has 2 atom stereocenters. The third kappa shape index (κ3) is 4.17. The van der Waals surface area contributed by atoms with Crippen molar-refractivity contribution in [1.29, 1.82) is 0 Å². The minimum Gasteiger partial charge on any atom is -0.366 e. The van der Waals surface area contributed by atoms with Crippen molar-refractivity contribution in [2.75, 3.05) is 26.7 Å². The smallest absolute Gasteiger partial charge is 0.366 e. The Bertz CT molecular complexity index is 579. The second-order valence-corrected chi connectivity index (χ2v) is 5.25. The molecule has 1 saturated heterocycles. The number of nitrogens with zero attached hydrogens (tertiary/aromatic N) is 1. The Labute approximate surface area is 129 Å². The van der Waals surface area contributed by atoms with E-state index in [-0.39, 0.29) is 13.2 Å². The number of amides is 1. The summed E-state index contributed by atoms with van der Waals surface area (Å²) < 4.78 is 71.5. The van der Waals surface area contributed by atoms with Crippen LogP contribution in [0.25, 0.3) is 0 Å². The molecule has 128 valence electrons. The molecule has 9 heteroatoms. The molecular weight excluding hydrogens is 323 g/mol. The van der Waals surface area contributed by atoms with Gasteiger partial charge in [-0.3, -0.25) is 4.79 Å². The molecule has 4 nitrogen and oxygen atoms in total. The van der Waals surface area contributed by atoms with E-state index in [1.54, 1.807) is 17.3 Å². The molecule has 0 aromatic heterocycles. The Balaban J connectivity index is 2.23. The molecular formula is C14H15F5N2O2. The maximum Gasteiger partial charge on any atom is 0.412 e. The first-order valence-corrected chi connectivity index (χ1v) is 6.81. The topological polar surface area (TPSA) is 41.6 Å². The lowest BCUT2D eigenvalue weighted by molar-refractivity contribution is -0.169. The van der Waals surface area contributed by atoms with E-state index in [0.29, 0.717) is 12.6 Å². The van der Waals surface area contributed by atoms with E-state index in [4.69, 9.17) is 4.74 Å². The van der Waals surface area contributed by atoms with Crippen molar-refractivity contribution < 1.29 is 31.5 Å². The van der Waals surface area contributed by atoms with E-state index in [1.165, 1.54) is 0 Å². The number of carbonyl (C=O) groups is 1. The lowest BCUT2D eigenvalue weighted by Crippen LogP contribution is -2.51. The third-order valence-electron chi connectivity index (χ3n) is 3.47. The van der Waals surface area contributed by atoms with E-state index < -0.39 is 41.4 Å². The Kier molecular flexibility index (Phi) is 5.20. The average Bonchev–Trinajstić information content (AvgIpc) is 2.46. The van der Waals surface area contributed by atoms with Gasteiger partial charge in [-0.25, -0.2) is 8.78 Å². The highest BCUT2D eigenvalue weighted by Gasteiger charge is 2.44. The van der Waals surface area contributed by atoms with Crippen LogP contribution < -0.4 is 5.32 Å². The van der Waals surface area contributed by atoms with Gasteiger partial charge in [0.2, 0.25) is 0 Å². The van der Waals surface area contributed by atoms with Crippen LogP contribution in [-0.2, 0) is 9.53 Å². The molecule has 23 heavy (non-hydrogen) atoms. The van der Waals surface area contributed by atoms with Crippen LogP contribution in [0.2, 0.25) is 0 Å². The van der Waals surface area contributed by atoms with Gasteiger partial charge < -0.3 is 15.0 Å². The van der Waals surface area contributed by atoms with E-state index in [0.717, 1.165) is 12.1 Å². The van der Waals surface area contributed by atoms with Gasteiger partial charge in [0.05, 0.1) is 6.61 Å². The fourth-order valence-corrected chi connectivity index (χ4v) is 2.25. The van der Waals surface area contributed by atoms with E-state index in [9.17, 15) is 26.7 Å². The van der Waals surface area contributed by atoms with Gasteiger partial charge >= 0.3 is 6.18 Å². The van der Waals surface area contributed by atoms with Crippen molar-refractivity contribution in [3.8, 4) is 0 Å². The normalized spacial score (nSPS) is 21.0. The van der Waals surface area contributed by atoms with Crippen LogP contribution in [0.15, 0.2) is 18.2 Å². The quantitative estimate of drug-likeness (QED) is 0.858. The number of rotatable bonds is 3. The molecule has 0 saturated carbocycles. The summed E-state index contributed by atoms with van der Waals surface area (Å²) in [5.74, 6) is -4.08. The van der Waals surface area contributed by atoms with Gasteiger partial charge in [0.15, 0.2) is 17.7 Å². The first kappa shape index (κ1) is 17.6. The lowest BCUT2D eigenvalue weighted by Gasteiger charge is -2.31. The number of alkyl halides is 3. The lowest BCUT2D eigenvalue weighted by atomic mass is 10.0. The fourth-order valence-electron chi connectivity index (χ4n) is 2.25. The van der Waals surface area contributed by atoms with Crippen molar-refractivity contribution in [3.05, 3.63) is 35.4 Å². The standard InChI is InChI=1S/C14H15F5N2O2/c1-21-5-6-23-10(7-21)13(22)20-12(14(17,18)19)8-3-2-4-9(15)11(8)16/h2-4,10,12H,5-7H2,1H3,(H,20,22)/t10-,12+/m0/s1. The van der Waals surface area contributed by atoms with Gasteiger partial charge in [0.1, 0.15) is 6.10 Å². The van der Waals surface area contributed by atoms with E-state index in [2.05, 4.69) is 0 Å². The number of benzene rings is 1. The first-order chi connectivity index (χ1) is 10.7. The van der Waals surface area contributed by atoms with Gasteiger partial charge in [0, 0.05) is 18.7 Å². The predicted molar refractivity (Wildman–Crippen MR) is 70.5 cm³/mol. The predicted octanol–water partition coefficient (Wildman–Crippen LogP) is 2.01. The van der Waals surface area contributed by atoms with Crippen molar-refractivity contribution >= 4 is 5.91 Å². The van der Waals surface area contributed by atoms with Crippen LogP contribution in [0.5, 0.6) is 0 Å². The number of morpholine rings is 1. The van der Waals surface area contributed by atoms with Crippen molar-refractivity contribution in [1.82, 2.24) is 10.2 Å². The van der Waals surface area contributed by atoms with Crippen LogP contribution in [0.3, 0.4) is 0 Å². The number of hydrogen-bond donors (Lipinski definition) is 1. The maximum absolute atomic E-state index is 13.7. The second-order valence-electron chi connectivity index (χ2n) is 5.25. The molecule has 0 aliphatic carbocycles. The van der Waals surface area contributed by atoms with Crippen molar-refractivity contribution in [3.63, 3.8) is 0 Å². The van der Waals surface area contributed by atoms with Crippen LogP contribution in [0.4, 0.5) is 22.0 Å². The first-order valence-electron chi connectivity index (χ1n) is 6.81. The Morgan fingerprint density at radius 2 is 2.09 bits per heavy atom. The summed E-state index contributed by atoms with van der Waals surface area (Å²) in [7, 11) is 1.69. The molecule has 0 radical (unpaired) electrons. The Morgan fingerprint density at radius 1 is 1.39 bits per heavy atom. The van der Waals surface area contributed by atoms with Crippen molar-refractivity contribution in [2.45, 2.75) is 18.3 Å². The summed E-state index contributed by atoms with van der Waals surface area (Å²) in [5, 5.41) is 1.71. The Hall–Kier alpha value is -1.74. The molecule has 0 bridgehead atoms. The van der Waals surface area contributed by atoms with Crippen LogP contribution in [0, 0.1) is 11.6 Å². The SMILES string of the molecule is CN1CCO[C@H](C(=O)N[C@H](c2cccc(F)c2F)C(F)(F)F)C1. The summed E-state index contributed by atoms with van der Waals surface area (Å²) in [6.45, 7) is 0.854. The molecule has 1 heterocycles. The number of hydrogen-bond acceptors (Lipinski definition) is 3. The van der Waals surface area contributed by atoms with Gasteiger partial charge in [-0.05, 0) is 13.1 Å². The van der Waals surface area contributed by atoms with Crippen LogP contribution in [0.1, 0.15) is 11.6 Å². The minimum absolute atomic E-state index is 0.113. The van der Waals surface area contributed by atoms with Gasteiger partial charge in [-0.2, -0.15) is 13.2 Å². The minimum atomic E-state index is -4.98. The number of nitrogens with one attached hydrogen (secondary N) is 1. The number of halogens is 5. The molecule has 0 spiro atoms. The highest BCUT2D eigenvalue weighted by molar-refractivity contribution is 5.81. The fraction of sp³-hybridized carbons (Fsp3) is 0.500. The van der Waals surface area contributed by atoms with Crippen molar-refractivity contribution in [2.24, 2.45) is 0 Å². The summed E-state index contributed by atoms with van der Waals surface area (Å²) >= 11 is 0. The van der Waals surface area contributed by atoms with Gasteiger partial charge in [0.25, 0.3) is 5.91 Å². The molecule has 1 amide bonds. The van der Waals surface area contributed by atoms with E-state index in [1.807, 2.05) is 0 Å². The van der Waals surface area contributed by atoms with Gasteiger partial charge in [-0.1, -0.05) is 12.1 Å². The number of carbonyl (C=O) groups excluding carboxylic acids is 1. The zero-order valence-electron chi connectivity index (χ0n) is 12.2. The molecule has 1 aliphatic heterocycles. The average molecular weight is 338 g/mol. The number of ether oxygens (including phenoxy) is 1. The van der Waals surface area contributed by atoms with Crippen LogP contribution >= 0.6 is 0 Å². The molecule has 1 aromatic rings. The molecule has 1 fully saturated rings. The summed E-state index contributed by atoms with van der Waals surface area (Å²) in [4.78, 5) is 13.7. The monoisotopic (exact) mass is 338 g/mol. The Morgan fingerprint density at radius 3 is 2.70 bits per heavy atom. The largest absolute Gasteiger partial charge is 0.412 e. The molecule has 0 unspecified atom stereocenters. The summed E-state index contributed by atoms with van der Waals surface area (Å²) in [6, 6.07) is -0.219. The maximum atomic E-state index is 13.7. The zero-order chi connectivity index (χ0) is 17.2. The third-order valence-corrected chi connectivity index (χ3v) is 3.47. The summed E-state index contributed by atoms with van der Waals surface area (Å²) in [5.41, 5.74) is -0.977. The van der Waals surface area contributed by atoms with Gasteiger partial charge in [-0.15, -0.1) is 0 Å². The number of likely N-dealkylation sites (N-methyl/N-ethyl adjacent to an activating group) is 1. The molecule has 2 rings (SSSR count). The second kappa shape index (κ2) is 6.79. The molecule has 1 aliphatic rings. The zero-order valence-corrected chi connectivity index (χ0v) is 12.2. The highest BCUT2D eigenvalue weighted by Crippen LogP contribution is 2.34.